The van der Waals surface area contributed by atoms with Crippen LogP contribution >= 0.6 is 0 Å². The molecule has 1 fully saturated rings. The summed E-state index contributed by atoms with van der Waals surface area (Å²) in [5.41, 5.74) is 7.41. The molecule has 1 aromatic rings. The summed E-state index contributed by atoms with van der Waals surface area (Å²) >= 11 is 0. The van der Waals surface area contributed by atoms with Crippen LogP contribution < -0.4 is 5.73 Å². The van der Waals surface area contributed by atoms with Crippen LogP contribution in [0.25, 0.3) is 0 Å². The molecule has 1 aliphatic carbocycles. The van der Waals surface area contributed by atoms with E-state index in [0.29, 0.717) is 19.0 Å². The van der Waals surface area contributed by atoms with Crippen molar-refractivity contribution in [3.8, 4) is 0 Å². The van der Waals surface area contributed by atoms with Crippen LogP contribution in [-0.2, 0) is 22.3 Å². The molecule has 0 aromatic heterocycles. The van der Waals surface area contributed by atoms with Gasteiger partial charge in [0.05, 0.1) is 5.75 Å². The largest absolute Gasteiger partial charge is 0.326 e. The zero-order chi connectivity index (χ0) is 14.8. The van der Waals surface area contributed by atoms with Gasteiger partial charge in [0.1, 0.15) is 0 Å². The van der Waals surface area contributed by atoms with Crippen molar-refractivity contribution >= 4 is 10.0 Å². The Hall–Kier alpha value is -0.910. The Balaban J connectivity index is 2.19. The first-order chi connectivity index (χ1) is 9.44. The van der Waals surface area contributed by atoms with Gasteiger partial charge in [-0.3, -0.25) is 0 Å². The zero-order valence-corrected chi connectivity index (χ0v) is 13.1. The summed E-state index contributed by atoms with van der Waals surface area (Å²) in [4.78, 5) is 0. The molecule has 0 unspecified atom stereocenters. The van der Waals surface area contributed by atoms with Crippen LogP contribution in [0.15, 0.2) is 24.3 Å². The van der Waals surface area contributed by atoms with Crippen molar-refractivity contribution in [3.63, 3.8) is 0 Å². The minimum atomic E-state index is -3.28. The second-order valence-corrected chi connectivity index (χ2v) is 7.76. The van der Waals surface area contributed by atoms with Gasteiger partial charge >= 0.3 is 0 Å². The van der Waals surface area contributed by atoms with Crippen molar-refractivity contribution in [2.24, 2.45) is 11.7 Å². The van der Waals surface area contributed by atoms with Crippen molar-refractivity contribution in [2.45, 2.75) is 45.0 Å². The van der Waals surface area contributed by atoms with E-state index in [4.69, 9.17) is 5.73 Å². The fourth-order valence-electron chi connectivity index (χ4n) is 2.38. The van der Waals surface area contributed by atoms with Crippen LogP contribution in [0.2, 0.25) is 0 Å². The van der Waals surface area contributed by atoms with Gasteiger partial charge in [-0.25, -0.2) is 8.42 Å². The van der Waals surface area contributed by atoms with Crippen molar-refractivity contribution in [3.05, 3.63) is 35.4 Å². The molecule has 112 valence electrons. The molecule has 2 N–H and O–H groups in total. The van der Waals surface area contributed by atoms with Gasteiger partial charge in [0.2, 0.25) is 10.0 Å². The number of rotatable bonds is 7. The molecule has 1 saturated carbocycles. The highest BCUT2D eigenvalue weighted by Gasteiger charge is 2.32. The number of benzene rings is 1. The SMILES string of the molecule is CC(C)N(CC1CC1)S(=O)(=O)Cc1ccccc1CN. The molecule has 1 aliphatic rings. The van der Waals surface area contributed by atoms with Gasteiger partial charge in [-0.05, 0) is 43.7 Å². The molecule has 0 spiro atoms. The maximum absolute atomic E-state index is 12.7. The Morgan fingerprint density at radius 2 is 1.85 bits per heavy atom. The molecule has 0 amide bonds. The van der Waals surface area contributed by atoms with E-state index in [1.807, 2.05) is 38.1 Å². The quantitative estimate of drug-likeness (QED) is 0.838. The van der Waals surface area contributed by atoms with E-state index in [1.165, 1.54) is 0 Å². The molecule has 0 radical (unpaired) electrons. The molecule has 0 aliphatic heterocycles. The van der Waals surface area contributed by atoms with E-state index in [0.717, 1.165) is 24.0 Å². The Morgan fingerprint density at radius 1 is 1.25 bits per heavy atom. The summed E-state index contributed by atoms with van der Waals surface area (Å²) in [6.07, 6.45) is 2.30. The van der Waals surface area contributed by atoms with E-state index < -0.39 is 10.0 Å². The smallest absolute Gasteiger partial charge is 0.218 e. The fourth-order valence-corrected chi connectivity index (χ4v) is 4.30. The maximum atomic E-state index is 12.7. The Labute approximate surface area is 122 Å². The van der Waals surface area contributed by atoms with Crippen LogP contribution in [-0.4, -0.2) is 25.3 Å². The molecule has 0 bridgehead atoms. The molecule has 0 saturated heterocycles. The van der Waals surface area contributed by atoms with Crippen molar-refractivity contribution < 1.29 is 8.42 Å². The summed E-state index contributed by atoms with van der Waals surface area (Å²) in [6, 6.07) is 7.51. The first-order valence-electron chi connectivity index (χ1n) is 7.20. The average Bonchev–Trinajstić information content (AvgIpc) is 3.19. The van der Waals surface area contributed by atoms with Crippen LogP contribution in [0.3, 0.4) is 0 Å². The number of hydrogen-bond donors (Lipinski definition) is 1. The van der Waals surface area contributed by atoms with Gasteiger partial charge in [0.15, 0.2) is 0 Å². The third-order valence-corrected chi connectivity index (χ3v) is 5.71. The number of sulfonamides is 1. The molecule has 4 nitrogen and oxygen atoms in total. The second kappa shape index (κ2) is 6.24. The second-order valence-electron chi connectivity index (χ2n) is 5.84. The topological polar surface area (TPSA) is 63.4 Å². The summed E-state index contributed by atoms with van der Waals surface area (Å²) in [5.74, 6) is 0.600. The Kier molecular flexibility index (Phi) is 4.83. The first-order valence-corrected chi connectivity index (χ1v) is 8.81. The monoisotopic (exact) mass is 296 g/mol. The average molecular weight is 296 g/mol. The third-order valence-electron chi connectivity index (χ3n) is 3.74. The summed E-state index contributed by atoms with van der Waals surface area (Å²) in [7, 11) is -3.28. The van der Waals surface area contributed by atoms with Crippen LogP contribution in [0.1, 0.15) is 37.8 Å². The lowest BCUT2D eigenvalue weighted by Gasteiger charge is -2.26. The minimum absolute atomic E-state index is 0.00522. The van der Waals surface area contributed by atoms with E-state index in [-0.39, 0.29) is 11.8 Å². The third kappa shape index (κ3) is 3.81. The number of nitrogens with zero attached hydrogens (tertiary/aromatic N) is 1. The highest BCUT2D eigenvalue weighted by atomic mass is 32.2. The van der Waals surface area contributed by atoms with Gasteiger partial charge in [0.25, 0.3) is 0 Å². The van der Waals surface area contributed by atoms with Crippen molar-refractivity contribution in [1.29, 1.82) is 0 Å². The van der Waals surface area contributed by atoms with Gasteiger partial charge in [-0.1, -0.05) is 24.3 Å². The van der Waals surface area contributed by atoms with Crippen LogP contribution in [0.5, 0.6) is 0 Å². The zero-order valence-electron chi connectivity index (χ0n) is 12.2. The van der Waals surface area contributed by atoms with E-state index >= 15 is 0 Å². The van der Waals surface area contributed by atoms with Gasteiger partial charge in [-0.2, -0.15) is 4.31 Å². The van der Waals surface area contributed by atoms with Crippen molar-refractivity contribution in [2.75, 3.05) is 6.54 Å². The number of nitrogens with two attached hydrogens (primary N) is 1. The summed E-state index contributed by atoms with van der Waals surface area (Å²) in [5, 5.41) is 0. The minimum Gasteiger partial charge on any atom is -0.326 e. The molecule has 1 aromatic carbocycles. The summed E-state index contributed by atoms with van der Waals surface area (Å²) in [6.45, 7) is 4.91. The molecule has 20 heavy (non-hydrogen) atoms. The molecule has 5 heteroatoms. The van der Waals surface area contributed by atoms with Crippen LogP contribution in [0.4, 0.5) is 0 Å². The maximum Gasteiger partial charge on any atom is 0.218 e. The summed E-state index contributed by atoms with van der Waals surface area (Å²) < 4.78 is 27.0. The van der Waals surface area contributed by atoms with E-state index in [2.05, 4.69) is 0 Å². The molecule has 0 atom stereocenters. The van der Waals surface area contributed by atoms with Gasteiger partial charge in [-0.15, -0.1) is 0 Å². The first kappa shape index (κ1) is 15.5. The standard InChI is InChI=1S/C15H24N2O2S/c1-12(2)17(10-13-7-8-13)20(18,19)11-15-6-4-3-5-14(15)9-16/h3-6,12-13H,7-11,16H2,1-2H3. The van der Waals surface area contributed by atoms with Crippen molar-refractivity contribution in [1.82, 2.24) is 4.31 Å². The normalized spacial score (nSPS) is 16.1. The van der Waals surface area contributed by atoms with E-state index in [1.54, 1.807) is 4.31 Å². The predicted octanol–water partition coefficient (Wildman–Crippen LogP) is 2.10. The lowest BCUT2D eigenvalue weighted by Crippen LogP contribution is -2.39. The molecule has 0 heterocycles. The molecule has 2 rings (SSSR count). The Bertz CT molecular complexity index is 551. The van der Waals surface area contributed by atoms with Crippen LogP contribution in [0, 0.1) is 5.92 Å². The Morgan fingerprint density at radius 3 is 2.35 bits per heavy atom. The molecular formula is C15H24N2O2S. The highest BCUT2D eigenvalue weighted by molar-refractivity contribution is 7.88. The molecular weight excluding hydrogens is 272 g/mol. The fraction of sp³-hybridized carbons (Fsp3) is 0.600. The lowest BCUT2D eigenvalue weighted by atomic mass is 10.1. The number of hydrogen-bond acceptors (Lipinski definition) is 3. The van der Waals surface area contributed by atoms with Gasteiger partial charge in [0, 0.05) is 19.1 Å². The van der Waals surface area contributed by atoms with E-state index in [9.17, 15) is 8.42 Å². The lowest BCUT2D eigenvalue weighted by molar-refractivity contribution is 0.341. The highest BCUT2D eigenvalue weighted by Crippen LogP contribution is 2.32. The predicted molar refractivity (Wildman–Crippen MR) is 81.5 cm³/mol. The van der Waals surface area contributed by atoms with Gasteiger partial charge < -0.3 is 5.73 Å².